The van der Waals surface area contributed by atoms with Crippen molar-refractivity contribution in [3.05, 3.63) is 29.8 Å². The van der Waals surface area contributed by atoms with Crippen LogP contribution in [-0.4, -0.2) is 5.11 Å². The summed E-state index contributed by atoms with van der Waals surface area (Å²) in [4.78, 5) is 0. The molecule has 0 saturated heterocycles. The van der Waals surface area contributed by atoms with E-state index in [0.29, 0.717) is 5.75 Å². The van der Waals surface area contributed by atoms with Gasteiger partial charge >= 0.3 is 0 Å². The smallest absolute Gasteiger partial charge is 0.115 e. The van der Waals surface area contributed by atoms with Crippen LogP contribution in [0.3, 0.4) is 0 Å². The fourth-order valence-electron chi connectivity index (χ4n) is 1.20. The van der Waals surface area contributed by atoms with Gasteiger partial charge in [0.2, 0.25) is 0 Å². The molecule has 12 heavy (non-hydrogen) atoms. The maximum Gasteiger partial charge on any atom is 0.115 e. The molecule has 2 nitrogen and oxygen atoms in total. The minimum absolute atomic E-state index is 0.107. The van der Waals surface area contributed by atoms with E-state index in [1.54, 1.807) is 12.1 Å². The van der Waals surface area contributed by atoms with Crippen LogP contribution >= 0.6 is 0 Å². The molecule has 0 radical (unpaired) electrons. The first-order valence-corrected chi connectivity index (χ1v) is 4.28. The van der Waals surface area contributed by atoms with Gasteiger partial charge in [-0.2, -0.15) is 0 Å². The topological polar surface area (TPSA) is 46.2 Å². The first kappa shape index (κ1) is 9.07. The molecule has 0 bridgehead atoms. The lowest BCUT2D eigenvalue weighted by atomic mass is 10.0. The third-order valence-electron chi connectivity index (χ3n) is 1.92. The molecule has 1 aromatic carbocycles. The largest absolute Gasteiger partial charge is 0.508 e. The summed E-state index contributed by atoms with van der Waals surface area (Å²) in [7, 11) is 0. The molecule has 0 saturated carbocycles. The standard InChI is InChI=1S/C10H15NO/c1-2-3-10(11)8-4-6-9(12)7-5-8/h4-7,10,12H,2-3,11H2,1H3. The fraction of sp³-hybridized carbons (Fsp3) is 0.400. The van der Waals surface area contributed by atoms with Crippen LogP contribution in [0.25, 0.3) is 0 Å². The number of nitrogens with two attached hydrogens (primary N) is 1. The Balaban J connectivity index is 2.68. The number of hydrogen-bond acceptors (Lipinski definition) is 2. The van der Waals surface area contributed by atoms with Gasteiger partial charge in [-0.05, 0) is 24.1 Å². The highest BCUT2D eigenvalue weighted by molar-refractivity contribution is 5.27. The maximum absolute atomic E-state index is 9.03. The van der Waals surface area contributed by atoms with Crippen LogP contribution in [0.15, 0.2) is 24.3 Å². The van der Waals surface area contributed by atoms with E-state index in [2.05, 4.69) is 6.92 Å². The van der Waals surface area contributed by atoms with E-state index < -0.39 is 0 Å². The summed E-state index contributed by atoms with van der Waals surface area (Å²) in [6, 6.07) is 7.19. The third-order valence-corrected chi connectivity index (χ3v) is 1.92. The molecule has 2 heteroatoms. The van der Waals surface area contributed by atoms with Crippen LogP contribution in [0.4, 0.5) is 0 Å². The van der Waals surface area contributed by atoms with E-state index in [1.807, 2.05) is 12.1 Å². The lowest BCUT2D eigenvalue weighted by Gasteiger charge is -2.09. The van der Waals surface area contributed by atoms with Crippen molar-refractivity contribution in [1.29, 1.82) is 0 Å². The molecule has 3 N–H and O–H groups in total. The van der Waals surface area contributed by atoms with E-state index >= 15 is 0 Å². The zero-order valence-electron chi connectivity index (χ0n) is 7.33. The van der Waals surface area contributed by atoms with Crippen molar-refractivity contribution in [2.24, 2.45) is 5.73 Å². The number of phenols is 1. The number of rotatable bonds is 3. The SMILES string of the molecule is CCCC(N)c1ccc(O)cc1. The molecule has 0 spiro atoms. The highest BCUT2D eigenvalue weighted by Crippen LogP contribution is 2.18. The molecule has 0 aliphatic heterocycles. The summed E-state index contributed by atoms with van der Waals surface area (Å²) in [5.74, 6) is 0.294. The molecular formula is C10H15NO. The average Bonchev–Trinajstić information content (AvgIpc) is 2.06. The van der Waals surface area contributed by atoms with E-state index in [1.165, 1.54) is 0 Å². The Morgan fingerprint density at radius 1 is 1.33 bits per heavy atom. The molecule has 1 atom stereocenters. The zero-order valence-corrected chi connectivity index (χ0v) is 7.33. The zero-order chi connectivity index (χ0) is 8.97. The summed E-state index contributed by atoms with van der Waals surface area (Å²) in [6.45, 7) is 2.11. The molecule has 0 heterocycles. The second-order valence-electron chi connectivity index (χ2n) is 2.99. The minimum Gasteiger partial charge on any atom is -0.508 e. The Kier molecular flexibility index (Phi) is 3.11. The molecule has 0 amide bonds. The molecule has 1 rings (SSSR count). The van der Waals surface area contributed by atoms with Gasteiger partial charge < -0.3 is 10.8 Å². The summed E-state index contributed by atoms with van der Waals surface area (Å²) >= 11 is 0. The van der Waals surface area contributed by atoms with E-state index in [4.69, 9.17) is 10.8 Å². The molecule has 0 aliphatic rings. The van der Waals surface area contributed by atoms with Gasteiger partial charge in [0.1, 0.15) is 5.75 Å². The Hall–Kier alpha value is -1.02. The summed E-state index contributed by atoms with van der Waals surface area (Å²) in [5, 5.41) is 9.03. The van der Waals surface area contributed by atoms with Crippen molar-refractivity contribution in [2.45, 2.75) is 25.8 Å². The molecule has 0 aromatic heterocycles. The van der Waals surface area contributed by atoms with E-state index in [9.17, 15) is 0 Å². The summed E-state index contributed by atoms with van der Waals surface area (Å²) in [5.41, 5.74) is 6.97. The van der Waals surface area contributed by atoms with Gasteiger partial charge in [0, 0.05) is 6.04 Å². The normalized spacial score (nSPS) is 12.8. The van der Waals surface area contributed by atoms with Crippen molar-refractivity contribution < 1.29 is 5.11 Å². The van der Waals surface area contributed by atoms with Crippen molar-refractivity contribution in [3.63, 3.8) is 0 Å². The molecule has 0 fully saturated rings. The van der Waals surface area contributed by atoms with Gasteiger partial charge in [-0.1, -0.05) is 25.5 Å². The number of aromatic hydroxyl groups is 1. The van der Waals surface area contributed by atoms with Crippen LogP contribution in [-0.2, 0) is 0 Å². The second-order valence-corrected chi connectivity index (χ2v) is 2.99. The van der Waals surface area contributed by atoms with E-state index in [0.717, 1.165) is 18.4 Å². The van der Waals surface area contributed by atoms with Gasteiger partial charge in [0.15, 0.2) is 0 Å². The molecule has 0 aliphatic carbocycles. The quantitative estimate of drug-likeness (QED) is 0.721. The predicted octanol–water partition coefficient (Wildman–Crippen LogP) is 2.19. The highest BCUT2D eigenvalue weighted by Gasteiger charge is 2.03. The Labute approximate surface area is 73.0 Å². The number of hydrogen-bond donors (Lipinski definition) is 2. The molecule has 66 valence electrons. The minimum atomic E-state index is 0.107. The van der Waals surface area contributed by atoms with Crippen molar-refractivity contribution >= 4 is 0 Å². The monoisotopic (exact) mass is 165 g/mol. The molecule has 1 aromatic rings. The highest BCUT2D eigenvalue weighted by atomic mass is 16.3. The summed E-state index contributed by atoms with van der Waals surface area (Å²) in [6.07, 6.45) is 2.08. The number of benzene rings is 1. The average molecular weight is 165 g/mol. The van der Waals surface area contributed by atoms with Crippen molar-refractivity contribution in [1.82, 2.24) is 0 Å². The van der Waals surface area contributed by atoms with E-state index in [-0.39, 0.29) is 6.04 Å². The van der Waals surface area contributed by atoms with Gasteiger partial charge in [-0.3, -0.25) is 0 Å². The lowest BCUT2D eigenvalue weighted by molar-refractivity contribution is 0.474. The lowest BCUT2D eigenvalue weighted by Crippen LogP contribution is -2.09. The molecule has 1 unspecified atom stereocenters. The Morgan fingerprint density at radius 2 is 1.92 bits per heavy atom. The number of phenolic OH excluding ortho intramolecular Hbond substituents is 1. The first-order chi connectivity index (χ1) is 5.74. The maximum atomic E-state index is 9.03. The molecular weight excluding hydrogens is 150 g/mol. The van der Waals surface area contributed by atoms with Crippen LogP contribution in [0.5, 0.6) is 5.75 Å². The van der Waals surface area contributed by atoms with Gasteiger partial charge in [0.25, 0.3) is 0 Å². The van der Waals surface area contributed by atoms with Gasteiger partial charge in [-0.15, -0.1) is 0 Å². The Bertz CT molecular complexity index is 230. The first-order valence-electron chi connectivity index (χ1n) is 4.28. The van der Waals surface area contributed by atoms with Gasteiger partial charge in [0.05, 0.1) is 0 Å². The summed E-state index contributed by atoms with van der Waals surface area (Å²) < 4.78 is 0. The van der Waals surface area contributed by atoms with Crippen LogP contribution in [0.1, 0.15) is 31.4 Å². The van der Waals surface area contributed by atoms with Crippen molar-refractivity contribution in [3.8, 4) is 5.75 Å². The second kappa shape index (κ2) is 4.12. The fourth-order valence-corrected chi connectivity index (χ4v) is 1.20. The predicted molar refractivity (Wildman–Crippen MR) is 49.9 cm³/mol. The third kappa shape index (κ3) is 2.24. The van der Waals surface area contributed by atoms with Gasteiger partial charge in [-0.25, -0.2) is 0 Å². The van der Waals surface area contributed by atoms with Crippen LogP contribution in [0, 0.1) is 0 Å². The Morgan fingerprint density at radius 3 is 2.42 bits per heavy atom. The van der Waals surface area contributed by atoms with Crippen molar-refractivity contribution in [2.75, 3.05) is 0 Å². The van der Waals surface area contributed by atoms with Crippen LogP contribution in [0.2, 0.25) is 0 Å². The van der Waals surface area contributed by atoms with Crippen LogP contribution < -0.4 is 5.73 Å².